The van der Waals surface area contributed by atoms with Crippen molar-refractivity contribution in [3.8, 4) is 0 Å². The Morgan fingerprint density at radius 3 is 2.88 bits per heavy atom. The van der Waals surface area contributed by atoms with E-state index in [1.54, 1.807) is 6.07 Å². The zero-order chi connectivity index (χ0) is 17.9. The molecule has 0 radical (unpaired) electrons. The maximum Gasteiger partial charge on any atom is 0.325 e. The summed E-state index contributed by atoms with van der Waals surface area (Å²) in [5, 5.41) is 2.97. The first-order chi connectivity index (χ1) is 12.7. The lowest BCUT2D eigenvalue weighted by Crippen LogP contribution is -2.32. The summed E-state index contributed by atoms with van der Waals surface area (Å²) in [6.45, 7) is 2.95. The quantitative estimate of drug-likeness (QED) is 0.654. The summed E-state index contributed by atoms with van der Waals surface area (Å²) in [4.78, 5) is 35.7. The standard InChI is InChI=1S/C18H19N5O2S/c24-17(13-9-15-16(19-10-13)22-18(25)21-15)20-14-4-2-1-3-12(14)11-23-5-7-26-8-6-23/h1-4,9-10H,5-8,11H2,(H,20,24)(H2,19,21,22,25). The lowest BCUT2D eigenvalue weighted by atomic mass is 10.1. The number of hydrogen-bond donors (Lipinski definition) is 3. The molecule has 1 aliphatic heterocycles. The van der Waals surface area contributed by atoms with Gasteiger partial charge in [0.25, 0.3) is 5.91 Å². The molecule has 3 heterocycles. The van der Waals surface area contributed by atoms with Crippen LogP contribution in [0.3, 0.4) is 0 Å². The average Bonchev–Trinajstić information content (AvgIpc) is 3.03. The second kappa shape index (κ2) is 7.35. The van der Waals surface area contributed by atoms with Gasteiger partial charge in [-0.25, -0.2) is 9.78 Å². The van der Waals surface area contributed by atoms with E-state index in [9.17, 15) is 9.59 Å². The number of anilines is 1. The third kappa shape index (κ3) is 3.66. The third-order valence-electron chi connectivity index (χ3n) is 4.39. The summed E-state index contributed by atoms with van der Waals surface area (Å²) in [6.07, 6.45) is 1.46. The lowest BCUT2D eigenvalue weighted by molar-refractivity contribution is 0.102. The average molecular weight is 369 g/mol. The van der Waals surface area contributed by atoms with Crippen molar-refractivity contribution >= 4 is 34.5 Å². The van der Waals surface area contributed by atoms with Crippen LogP contribution in [0.25, 0.3) is 11.2 Å². The first-order valence-corrected chi connectivity index (χ1v) is 9.62. The molecule has 8 heteroatoms. The number of para-hydroxylation sites is 1. The monoisotopic (exact) mass is 369 g/mol. The number of aromatic nitrogens is 3. The highest BCUT2D eigenvalue weighted by molar-refractivity contribution is 7.99. The van der Waals surface area contributed by atoms with Crippen LogP contribution in [0.2, 0.25) is 0 Å². The summed E-state index contributed by atoms with van der Waals surface area (Å²) in [5.41, 5.74) is 2.92. The normalized spacial score (nSPS) is 15.2. The number of benzene rings is 1. The van der Waals surface area contributed by atoms with E-state index in [1.807, 2.05) is 36.0 Å². The van der Waals surface area contributed by atoms with Crippen LogP contribution in [0, 0.1) is 0 Å². The van der Waals surface area contributed by atoms with Crippen LogP contribution in [0.4, 0.5) is 5.69 Å². The van der Waals surface area contributed by atoms with E-state index in [1.165, 1.54) is 6.20 Å². The van der Waals surface area contributed by atoms with E-state index in [2.05, 4.69) is 25.2 Å². The number of hydrogen-bond acceptors (Lipinski definition) is 5. The van der Waals surface area contributed by atoms with E-state index in [0.29, 0.717) is 16.7 Å². The zero-order valence-corrected chi connectivity index (χ0v) is 14.9. The Hall–Kier alpha value is -2.58. The molecule has 4 rings (SSSR count). The van der Waals surface area contributed by atoms with Crippen molar-refractivity contribution in [3.63, 3.8) is 0 Å². The van der Waals surface area contributed by atoms with E-state index < -0.39 is 0 Å². The molecular weight excluding hydrogens is 350 g/mol. The predicted molar refractivity (Wildman–Crippen MR) is 104 cm³/mol. The number of amides is 1. The molecule has 3 aromatic rings. The van der Waals surface area contributed by atoms with Gasteiger partial charge in [-0.2, -0.15) is 11.8 Å². The number of rotatable bonds is 4. The van der Waals surface area contributed by atoms with E-state index in [4.69, 9.17) is 0 Å². The van der Waals surface area contributed by atoms with Gasteiger partial charge in [0.15, 0.2) is 5.65 Å². The molecule has 3 N–H and O–H groups in total. The van der Waals surface area contributed by atoms with Crippen LogP contribution >= 0.6 is 11.8 Å². The predicted octanol–water partition coefficient (Wildman–Crippen LogP) is 2.05. The second-order valence-electron chi connectivity index (χ2n) is 6.20. The van der Waals surface area contributed by atoms with Gasteiger partial charge in [0.1, 0.15) is 0 Å². The van der Waals surface area contributed by atoms with Gasteiger partial charge in [0, 0.05) is 43.0 Å². The molecule has 1 aliphatic rings. The fraction of sp³-hybridized carbons (Fsp3) is 0.278. The summed E-state index contributed by atoms with van der Waals surface area (Å²) in [7, 11) is 0. The van der Waals surface area contributed by atoms with Crippen molar-refractivity contribution in [1.82, 2.24) is 19.9 Å². The number of H-pyrrole nitrogens is 2. The van der Waals surface area contributed by atoms with Crippen LogP contribution in [0.1, 0.15) is 15.9 Å². The number of imidazole rings is 1. The number of fused-ring (bicyclic) bond motifs is 1. The molecule has 26 heavy (non-hydrogen) atoms. The molecule has 134 valence electrons. The minimum Gasteiger partial charge on any atom is -0.322 e. The van der Waals surface area contributed by atoms with Gasteiger partial charge >= 0.3 is 5.69 Å². The molecule has 1 aromatic carbocycles. The Morgan fingerprint density at radius 1 is 1.23 bits per heavy atom. The first kappa shape index (κ1) is 16.9. The molecule has 0 spiro atoms. The number of nitrogens with one attached hydrogen (secondary N) is 3. The van der Waals surface area contributed by atoms with E-state index in [0.717, 1.165) is 42.4 Å². The summed E-state index contributed by atoms with van der Waals surface area (Å²) < 4.78 is 0. The highest BCUT2D eigenvalue weighted by Gasteiger charge is 2.15. The van der Waals surface area contributed by atoms with Crippen LogP contribution in [-0.2, 0) is 6.54 Å². The molecule has 1 amide bonds. The number of carbonyl (C=O) groups is 1. The summed E-state index contributed by atoms with van der Waals surface area (Å²) in [6, 6.07) is 9.48. The van der Waals surface area contributed by atoms with Crippen molar-refractivity contribution in [3.05, 3.63) is 58.1 Å². The number of aromatic amines is 2. The van der Waals surface area contributed by atoms with Gasteiger partial charge in [0.05, 0.1) is 11.1 Å². The van der Waals surface area contributed by atoms with Gasteiger partial charge in [-0.15, -0.1) is 0 Å². The van der Waals surface area contributed by atoms with Crippen molar-refractivity contribution in [2.75, 3.05) is 29.9 Å². The highest BCUT2D eigenvalue weighted by Crippen LogP contribution is 2.20. The van der Waals surface area contributed by atoms with Crippen molar-refractivity contribution in [2.45, 2.75) is 6.54 Å². The molecule has 1 fully saturated rings. The van der Waals surface area contributed by atoms with Gasteiger partial charge in [-0.05, 0) is 17.7 Å². The minimum absolute atomic E-state index is 0.247. The zero-order valence-electron chi connectivity index (χ0n) is 14.1. The second-order valence-corrected chi connectivity index (χ2v) is 7.42. The molecule has 0 unspecified atom stereocenters. The van der Waals surface area contributed by atoms with Crippen LogP contribution < -0.4 is 11.0 Å². The summed E-state index contributed by atoms with van der Waals surface area (Å²) in [5.74, 6) is 2.05. The van der Waals surface area contributed by atoms with Gasteiger partial charge in [-0.3, -0.25) is 14.7 Å². The number of nitrogens with zero attached hydrogens (tertiary/aromatic N) is 2. The third-order valence-corrected chi connectivity index (χ3v) is 5.34. The van der Waals surface area contributed by atoms with E-state index >= 15 is 0 Å². The Bertz CT molecular complexity index is 990. The SMILES string of the molecule is O=C(Nc1ccccc1CN1CCSCC1)c1cnc2[nH]c(=O)[nH]c2c1. The maximum atomic E-state index is 12.6. The van der Waals surface area contributed by atoms with Crippen molar-refractivity contribution < 1.29 is 4.79 Å². The number of thioether (sulfide) groups is 1. The molecular formula is C18H19N5O2S. The van der Waals surface area contributed by atoms with Gasteiger partial charge in [0.2, 0.25) is 0 Å². The topological polar surface area (TPSA) is 93.9 Å². The molecule has 2 aromatic heterocycles. The molecule has 0 aliphatic carbocycles. The van der Waals surface area contributed by atoms with Crippen LogP contribution in [0.5, 0.6) is 0 Å². The molecule has 7 nitrogen and oxygen atoms in total. The highest BCUT2D eigenvalue weighted by atomic mass is 32.2. The van der Waals surface area contributed by atoms with Gasteiger partial charge in [-0.1, -0.05) is 18.2 Å². The van der Waals surface area contributed by atoms with Crippen LogP contribution in [-0.4, -0.2) is 50.4 Å². The molecule has 0 saturated carbocycles. The van der Waals surface area contributed by atoms with Crippen molar-refractivity contribution in [2.24, 2.45) is 0 Å². The molecule has 0 atom stereocenters. The fourth-order valence-corrected chi connectivity index (χ4v) is 4.00. The first-order valence-electron chi connectivity index (χ1n) is 8.46. The summed E-state index contributed by atoms with van der Waals surface area (Å²) >= 11 is 1.98. The lowest BCUT2D eigenvalue weighted by Gasteiger charge is -2.27. The Balaban J connectivity index is 1.53. The van der Waals surface area contributed by atoms with E-state index in [-0.39, 0.29) is 11.6 Å². The number of pyridine rings is 1. The largest absolute Gasteiger partial charge is 0.325 e. The van der Waals surface area contributed by atoms with Gasteiger partial charge < -0.3 is 10.3 Å². The molecule has 1 saturated heterocycles. The Labute approximate surface area is 154 Å². The molecule has 0 bridgehead atoms. The Kier molecular flexibility index (Phi) is 4.77. The number of carbonyl (C=O) groups excluding carboxylic acids is 1. The maximum absolute atomic E-state index is 12.6. The minimum atomic E-state index is -0.338. The van der Waals surface area contributed by atoms with Crippen molar-refractivity contribution in [1.29, 1.82) is 0 Å². The Morgan fingerprint density at radius 2 is 2.04 bits per heavy atom. The fourth-order valence-electron chi connectivity index (χ4n) is 3.02. The van der Waals surface area contributed by atoms with Crippen LogP contribution in [0.15, 0.2) is 41.3 Å². The smallest absolute Gasteiger partial charge is 0.322 e.